The molecule has 1 aliphatic rings. The summed E-state index contributed by atoms with van der Waals surface area (Å²) < 4.78 is 5.47. The lowest BCUT2D eigenvalue weighted by molar-refractivity contribution is 0.0702. The van der Waals surface area contributed by atoms with Gasteiger partial charge in [-0.3, -0.25) is 4.79 Å². The van der Waals surface area contributed by atoms with Crippen molar-refractivity contribution in [2.75, 3.05) is 18.1 Å². The molecule has 0 spiro atoms. The zero-order valence-corrected chi connectivity index (χ0v) is 19.1. The Balaban J connectivity index is 2.12. The van der Waals surface area contributed by atoms with Crippen molar-refractivity contribution in [3.8, 4) is 11.8 Å². The third-order valence-electron chi connectivity index (χ3n) is 4.38. The molecule has 5 nitrogen and oxygen atoms in total. The van der Waals surface area contributed by atoms with E-state index in [4.69, 9.17) is 27.9 Å². The molecule has 30 heavy (non-hydrogen) atoms. The van der Waals surface area contributed by atoms with Crippen molar-refractivity contribution in [1.82, 2.24) is 0 Å². The number of benzene rings is 1. The predicted molar refractivity (Wildman–Crippen MR) is 120 cm³/mol. The Bertz CT molecular complexity index is 1040. The lowest BCUT2D eigenvalue weighted by atomic mass is 9.98. The molecule has 2 aromatic rings. The fourth-order valence-electron chi connectivity index (χ4n) is 3.01. The van der Waals surface area contributed by atoms with Gasteiger partial charge in [0.2, 0.25) is 0 Å². The van der Waals surface area contributed by atoms with E-state index in [1.807, 2.05) is 20.8 Å². The number of carboxylic acids is 1. The van der Waals surface area contributed by atoms with Gasteiger partial charge in [0.25, 0.3) is 5.91 Å². The van der Waals surface area contributed by atoms with E-state index in [-0.39, 0.29) is 26.9 Å². The molecule has 8 heteroatoms. The van der Waals surface area contributed by atoms with Gasteiger partial charge >= 0.3 is 5.97 Å². The van der Waals surface area contributed by atoms with Crippen LogP contribution >= 0.6 is 34.5 Å². The molecular weight excluding hydrogens is 445 g/mol. The van der Waals surface area contributed by atoms with Crippen molar-refractivity contribution in [2.45, 2.75) is 33.2 Å². The van der Waals surface area contributed by atoms with E-state index >= 15 is 0 Å². The minimum absolute atomic E-state index is 0.0542. The Morgan fingerprint density at radius 2 is 2.00 bits per heavy atom. The number of nitrogens with zero attached hydrogens (tertiary/aromatic N) is 1. The maximum Gasteiger partial charge on any atom is 0.348 e. The highest BCUT2D eigenvalue weighted by atomic mass is 35.5. The molecule has 158 valence electrons. The fraction of sp³-hybridized carbons (Fsp3) is 0.364. The molecule has 0 radical (unpaired) electrons. The largest absolute Gasteiger partial charge is 0.477 e. The number of hydrogen-bond acceptors (Lipinski definition) is 4. The SMILES string of the molecule is CC(C)(C)C#Cc1cc(N(C(=O)c2ccc(Cl)cc2Cl)C2CCOC2)c(C(=O)O)s1. The van der Waals surface area contributed by atoms with Gasteiger partial charge < -0.3 is 14.7 Å². The Morgan fingerprint density at radius 3 is 2.57 bits per heavy atom. The summed E-state index contributed by atoms with van der Waals surface area (Å²) in [5.74, 6) is 4.63. The Kier molecular flexibility index (Phi) is 6.78. The van der Waals surface area contributed by atoms with Gasteiger partial charge in [0, 0.05) is 17.0 Å². The second-order valence-electron chi connectivity index (χ2n) is 7.95. The lowest BCUT2D eigenvalue weighted by Gasteiger charge is -2.28. The number of amides is 1. The number of aromatic carboxylic acids is 1. The van der Waals surface area contributed by atoms with Gasteiger partial charge in [-0.05, 0) is 51.5 Å². The number of thiophene rings is 1. The number of carbonyl (C=O) groups excluding carboxylic acids is 1. The molecule has 1 fully saturated rings. The molecule has 1 amide bonds. The van der Waals surface area contributed by atoms with Crippen LogP contribution in [0.4, 0.5) is 5.69 Å². The first kappa shape index (κ1) is 22.6. The number of anilines is 1. The van der Waals surface area contributed by atoms with Crippen molar-refractivity contribution in [3.05, 3.63) is 49.6 Å². The minimum atomic E-state index is -1.11. The van der Waals surface area contributed by atoms with E-state index in [1.54, 1.807) is 18.2 Å². The van der Waals surface area contributed by atoms with Crippen LogP contribution < -0.4 is 4.90 Å². The highest BCUT2D eigenvalue weighted by Crippen LogP contribution is 2.35. The minimum Gasteiger partial charge on any atom is -0.477 e. The van der Waals surface area contributed by atoms with Crippen LogP contribution in [-0.4, -0.2) is 36.2 Å². The molecule has 1 saturated heterocycles. The van der Waals surface area contributed by atoms with Gasteiger partial charge in [-0.25, -0.2) is 4.79 Å². The summed E-state index contributed by atoms with van der Waals surface area (Å²) in [6, 6.07) is 5.97. The Hall–Kier alpha value is -2.04. The zero-order chi connectivity index (χ0) is 22.1. The van der Waals surface area contributed by atoms with Crippen LogP contribution in [0, 0.1) is 17.3 Å². The maximum absolute atomic E-state index is 13.5. The molecule has 1 aromatic heterocycles. The first-order valence-electron chi connectivity index (χ1n) is 9.33. The second-order valence-corrected chi connectivity index (χ2v) is 9.84. The maximum atomic E-state index is 13.5. The molecular formula is C22H21Cl2NO4S. The second kappa shape index (κ2) is 8.99. The summed E-state index contributed by atoms with van der Waals surface area (Å²) in [5.41, 5.74) is 0.314. The Morgan fingerprint density at radius 1 is 1.27 bits per heavy atom. The van der Waals surface area contributed by atoms with Gasteiger partial charge in [-0.1, -0.05) is 35.0 Å². The molecule has 1 unspecified atom stereocenters. The van der Waals surface area contributed by atoms with Crippen LogP contribution in [0.25, 0.3) is 0 Å². The monoisotopic (exact) mass is 465 g/mol. The molecule has 0 bridgehead atoms. The van der Waals surface area contributed by atoms with Crippen LogP contribution in [-0.2, 0) is 4.74 Å². The molecule has 1 aromatic carbocycles. The molecule has 3 rings (SSSR count). The third-order valence-corrected chi connectivity index (χ3v) is 5.95. The number of hydrogen-bond donors (Lipinski definition) is 1. The van der Waals surface area contributed by atoms with Gasteiger partial charge in [-0.2, -0.15) is 0 Å². The van der Waals surface area contributed by atoms with Crippen molar-refractivity contribution in [1.29, 1.82) is 0 Å². The molecule has 1 atom stereocenters. The van der Waals surface area contributed by atoms with E-state index in [2.05, 4.69) is 11.8 Å². The predicted octanol–water partition coefficient (Wildman–Crippen LogP) is 5.59. The summed E-state index contributed by atoms with van der Waals surface area (Å²) in [6.07, 6.45) is 0.592. The summed E-state index contributed by atoms with van der Waals surface area (Å²) in [5, 5.41) is 10.4. The topological polar surface area (TPSA) is 66.8 Å². The van der Waals surface area contributed by atoms with Gasteiger partial charge in [0.1, 0.15) is 4.88 Å². The van der Waals surface area contributed by atoms with Crippen LogP contribution in [0.5, 0.6) is 0 Å². The first-order chi connectivity index (χ1) is 14.1. The van der Waals surface area contributed by atoms with E-state index in [1.165, 1.54) is 11.0 Å². The molecule has 2 heterocycles. The van der Waals surface area contributed by atoms with E-state index in [0.717, 1.165) is 11.3 Å². The summed E-state index contributed by atoms with van der Waals surface area (Å²) in [6.45, 7) is 6.73. The summed E-state index contributed by atoms with van der Waals surface area (Å²) >= 11 is 13.3. The fourth-order valence-corrected chi connectivity index (χ4v) is 4.35. The van der Waals surface area contributed by atoms with Gasteiger partial charge in [0.05, 0.1) is 33.8 Å². The average Bonchev–Trinajstić information content (AvgIpc) is 3.30. The van der Waals surface area contributed by atoms with Gasteiger partial charge in [0.15, 0.2) is 0 Å². The van der Waals surface area contributed by atoms with E-state index in [0.29, 0.717) is 35.2 Å². The molecule has 1 aliphatic heterocycles. The number of rotatable bonds is 4. The highest BCUT2D eigenvalue weighted by Gasteiger charge is 2.34. The van der Waals surface area contributed by atoms with Crippen molar-refractivity contribution in [2.24, 2.45) is 5.41 Å². The van der Waals surface area contributed by atoms with Crippen molar-refractivity contribution in [3.63, 3.8) is 0 Å². The summed E-state index contributed by atoms with van der Waals surface area (Å²) in [7, 11) is 0. The number of ether oxygens (including phenoxy) is 1. The number of carbonyl (C=O) groups is 2. The normalized spacial score (nSPS) is 16.1. The van der Waals surface area contributed by atoms with Crippen LogP contribution in [0.15, 0.2) is 24.3 Å². The zero-order valence-electron chi connectivity index (χ0n) is 16.8. The third kappa shape index (κ3) is 5.16. The van der Waals surface area contributed by atoms with Crippen LogP contribution in [0.1, 0.15) is 52.1 Å². The quantitative estimate of drug-likeness (QED) is 0.597. The molecule has 0 aliphatic carbocycles. The standard InChI is InChI=1S/C22H21Cl2NO4S/c1-22(2,3)8-6-15-11-18(19(30-15)21(27)28)25(14-7-9-29-12-14)20(26)16-5-4-13(23)10-17(16)24/h4-5,10-11,14H,7,9,12H2,1-3H3,(H,27,28). The van der Waals surface area contributed by atoms with Crippen LogP contribution in [0.2, 0.25) is 10.0 Å². The highest BCUT2D eigenvalue weighted by molar-refractivity contribution is 7.15. The van der Waals surface area contributed by atoms with Crippen LogP contribution in [0.3, 0.4) is 0 Å². The molecule has 0 saturated carbocycles. The average molecular weight is 466 g/mol. The smallest absolute Gasteiger partial charge is 0.348 e. The Labute approximate surface area is 189 Å². The van der Waals surface area contributed by atoms with Crippen molar-refractivity contribution >= 4 is 52.1 Å². The summed E-state index contributed by atoms with van der Waals surface area (Å²) in [4.78, 5) is 27.6. The van der Waals surface area contributed by atoms with E-state index < -0.39 is 11.9 Å². The lowest BCUT2D eigenvalue weighted by Crippen LogP contribution is -2.41. The van der Waals surface area contributed by atoms with Crippen molar-refractivity contribution < 1.29 is 19.4 Å². The van der Waals surface area contributed by atoms with E-state index in [9.17, 15) is 14.7 Å². The molecule has 1 N–H and O–H groups in total. The number of carboxylic acid groups (broad SMARTS) is 1. The van der Waals surface area contributed by atoms with Gasteiger partial charge in [-0.15, -0.1) is 11.3 Å². The number of halogens is 2. The first-order valence-corrected chi connectivity index (χ1v) is 10.9.